The first-order chi connectivity index (χ1) is 13.7. The Morgan fingerprint density at radius 1 is 1.07 bits per heavy atom. The lowest BCUT2D eigenvalue weighted by Crippen LogP contribution is -2.14. The van der Waals surface area contributed by atoms with Crippen molar-refractivity contribution in [3.63, 3.8) is 0 Å². The maximum atomic E-state index is 12.7. The second kappa shape index (κ2) is 7.19. The molecule has 3 aromatic heterocycles. The molecule has 0 bridgehead atoms. The molecule has 3 heterocycles. The second-order valence-corrected chi connectivity index (χ2v) is 6.27. The summed E-state index contributed by atoms with van der Waals surface area (Å²) in [5.41, 5.74) is 4.44. The largest absolute Gasteiger partial charge is 0.493 e. The first-order valence-electron chi connectivity index (χ1n) is 8.93. The fraction of sp³-hybridized carbons (Fsp3) is 0.190. The molecule has 142 valence electrons. The number of H-pyrrole nitrogens is 1. The Kier molecular flexibility index (Phi) is 4.57. The van der Waals surface area contributed by atoms with Crippen LogP contribution in [0.3, 0.4) is 0 Å². The molecule has 4 rings (SSSR count). The highest BCUT2D eigenvalue weighted by Crippen LogP contribution is 2.35. The molecule has 0 unspecified atom stereocenters. The van der Waals surface area contributed by atoms with E-state index >= 15 is 0 Å². The lowest BCUT2D eigenvalue weighted by Gasteiger charge is -2.10. The van der Waals surface area contributed by atoms with Gasteiger partial charge < -0.3 is 9.47 Å². The van der Waals surface area contributed by atoms with E-state index < -0.39 is 0 Å². The van der Waals surface area contributed by atoms with Crippen LogP contribution in [-0.4, -0.2) is 33.8 Å². The molecule has 0 fully saturated rings. The Balaban J connectivity index is 2.00. The predicted molar refractivity (Wildman–Crippen MR) is 107 cm³/mol. The van der Waals surface area contributed by atoms with Gasteiger partial charge >= 0.3 is 0 Å². The summed E-state index contributed by atoms with van der Waals surface area (Å²) in [4.78, 5) is 21.6. The van der Waals surface area contributed by atoms with Gasteiger partial charge in [-0.3, -0.25) is 14.9 Å². The molecule has 0 aliphatic heterocycles. The molecule has 0 radical (unpaired) electrons. The van der Waals surface area contributed by atoms with E-state index in [1.807, 2.05) is 37.3 Å². The summed E-state index contributed by atoms with van der Waals surface area (Å²) in [7, 11) is 3.20. The third kappa shape index (κ3) is 2.90. The Morgan fingerprint density at radius 2 is 1.89 bits per heavy atom. The molecule has 0 spiro atoms. The fourth-order valence-electron chi connectivity index (χ4n) is 3.30. The van der Waals surface area contributed by atoms with Crippen molar-refractivity contribution in [2.24, 2.45) is 0 Å². The van der Waals surface area contributed by atoms with Gasteiger partial charge in [0.2, 0.25) is 0 Å². The zero-order valence-electron chi connectivity index (χ0n) is 15.9. The Labute approximate surface area is 161 Å². The maximum Gasteiger partial charge on any atom is 0.273 e. The van der Waals surface area contributed by atoms with Crippen molar-refractivity contribution in [2.45, 2.75) is 13.3 Å². The van der Waals surface area contributed by atoms with E-state index in [0.29, 0.717) is 29.3 Å². The molecule has 1 N–H and O–H groups in total. The van der Waals surface area contributed by atoms with Crippen molar-refractivity contribution in [3.05, 3.63) is 64.8 Å². The number of benzene rings is 1. The van der Waals surface area contributed by atoms with Gasteiger partial charge in [0.1, 0.15) is 0 Å². The molecule has 4 aromatic rings. The van der Waals surface area contributed by atoms with E-state index in [4.69, 9.17) is 14.5 Å². The number of methoxy groups -OCH3 is 2. The van der Waals surface area contributed by atoms with Crippen LogP contribution in [-0.2, 0) is 6.42 Å². The number of hydrogen-bond donors (Lipinski definition) is 1. The summed E-state index contributed by atoms with van der Waals surface area (Å²) < 4.78 is 12.3. The molecule has 0 saturated heterocycles. The van der Waals surface area contributed by atoms with Crippen LogP contribution in [0.15, 0.2) is 53.6 Å². The minimum atomic E-state index is -0.176. The number of hydrogen-bond acceptors (Lipinski definition) is 5. The normalized spacial score (nSPS) is 11.0. The van der Waals surface area contributed by atoms with Crippen molar-refractivity contribution in [1.82, 2.24) is 19.6 Å². The molecule has 7 nitrogen and oxygen atoms in total. The van der Waals surface area contributed by atoms with E-state index in [2.05, 4.69) is 10.1 Å². The van der Waals surface area contributed by atoms with E-state index in [1.54, 1.807) is 26.6 Å². The highest BCUT2D eigenvalue weighted by Gasteiger charge is 2.18. The zero-order valence-corrected chi connectivity index (χ0v) is 15.9. The molecule has 28 heavy (non-hydrogen) atoms. The van der Waals surface area contributed by atoms with Crippen molar-refractivity contribution in [3.8, 4) is 33.9 Å². The van der Waals surface area contributed by atoms with Crippen LogP contribution in [0.4, 0.5) is 0 Å². The number of aromatic nitrogens is 4. The fourth-order valence-corrected chi connectivity index (χ4v) is 3.30. The summed E-state index contributed by atoms with van der Waals surface area (Å²) in [6.45, 7) is 2.03. The van der Waals surface area contributed by atoms with Crippen molar-refractivity contribution >= 4 is 5.65 Å². The lowest BCUT2D eigenvalue weighted by molar-refractivity contribution is 0.355. The molecule has 0 saturated carbocycles. The van der Waals surface area contributed by atoms with Crippen LogP contribution in [0.2, 0.25) is 0 Å². The van der Waals surface area contributed by atoms with E-state index in [-0.39, 0.29) is 5.56 Å². The van der Waals surface area contributed by atoms with Gasteiger partial charge in [-0.2, -0.15) is 0 Å². The quantitative estimate of drug-likeness (QED) is 0.578. The number of fused-ring (bicyclic) bond motifs is 1. The van der Waals surface area contributed by atoms with Gasteiger partial charge in [0.15, 0.2) is 17.1 Å². The first kappa shape index (κ1) is 17.8. The lowest BCUT2D eigenvalue weighted by atomic mass is 10.0. The van der Waals surface area contributed by atoms with E-state index in [1.165, 1.54) is 10.6 Å². The predicted octanol–water partition coefficient (Wildman–Crippen LogP) is 3.33. The average molecular weight is 376 g/mol. The summed E-state index contributed by atoms with van der Waals surface area (Å²) in [5.74, 6) is 1.26. The van der Waals surface area contributed by atoms with Crippen LogP contribution < -0.4 is 15.0 Å². The first-order valence-corrected chi connectivity index (χ1v) is 8.93. The Morgan fingerprint density at radius 3 is 2.57 bits per heavy atom. The number of nitrogens with one attached hydrogen (secondary N) is 1. The number of rotatable bonds is 5. The smallest absolute Gasteiger partial charge is 0.273 e. The number of aryl methyl sites for hydroxylation is 1. The molecule has 1 aromatic carbocycles. The van der Waals surface area contributed by atoms with Crippen LogP contribution in [0.1, 0.15) is 12.6 Å². The highest BCUT2D eigenvalue weighted by molar-refractivity contribution is 5.82. The summed E-state index contributed by atoms with van der Waals surface area (Å²) in [6.07, 6.45) is 4.10. The molecule has 0 atom stereocenters. The van der Waals surface area contributed by atoms with Crippen molar-refractivity contribution in [2.75, 3.05) is 14.2 Å². The van der Waals surface area contributed by atoms with Gasteiger partial charge in [-0.25, -0.2) is 9.50 Å². The molecular formula is C21H20N4O3. The third-order valence-corrected chi connectivity index (χ3v) is 4.67. The van der Waals surface area contributed by atoms with Gasteiger partial charge in [0.25, 0.3) is 5.56 Å². The van der Waals surface area contributed by atoms with Gasteiger partial charge in [-0.15, -0.1) is 0 Å². The number of aromatic amines is 1. The van der Waals surface area contributed by atoms with E-state index in [9.17, 15) is 4.79 Å². The molecule has 0 aliphatic rings. The van der Waals surface area contributed by atoms with Crippen molar-refractivity contribution in [1.29, 1.82) is 0 Å². The van der Waals surface area contributed by atoms with Crippen LogP contribution in [0.25, 0.3) is 28.0 Å². The zero-order chi connectivity index (χ0) is 19.7. The minimum Gasteiger partial charge on any atom is -0.493 e. The van der Waals surface area contributed by atoms with Gasteiger partial charge in [0, 0.05) is 35.3 Å². The Bertz CT molecular complexity index is 1200. The van der Waals surface area contributed by atoms with Crippen LogP contribution in [0.5, 0.6) is 11.5 Å². The van der Waals surface area contributed by atoms with E-state index in [0.717, 1.165) is 22.4 Å². The molecular weight excluding hydrogens is 356 g/mol. The summed E-state index contributed by atoms with van der Waals surface area (Å²) in [5, 5.41) is 3.18. The summed E-state index contributed by atoms with van der Waals surface area (Å²) >= 11 is 0. The monoisotopic (exact) mass is 376 g/mol. The Hall–Kier alpha value is -3.61. The summed E-state index contributed by atoms with van der Waals surface area (Å²) in [6, 6.07) is 10.9. The van der Waals surface area contributed by atoms with Gasteiger partial charge in [0.05, 0.1) is 19.9 Å². The third-order valence-electron chi connectivity index (χ3n) is 4.67. The number of ether oxygens (including phenoxy) is 2. The average Bonchev–Trinajstić information content (AvgIpc) is 3.13. The number of pyridine rings is 1. The van der Waals surface area contributed by atoms with Crippen molar-refractivity contribution < 1.29 is 9.47 Å². The second-order valence-electron chi connectivity index (χ2n) is 6.27. The molecule has 7 heteroatoms. The standard InChI is InChI=1S/C21H20N4O3/c1-4-15-20(13-7-8-17(27-2)18(10-13)28-3)21-23-16(11-19(26)25(21)24-15)14-6-5-9-22-12-14/h5-12,24H,4H2,1-3H3. The topological polar surface area (TPSA) is 81.5 Å². The molecule has 0 amide bonds. The van der Waals surface area contributed by atoms with Crippen LogP contribution in [0, 0.1) is 0 Å². The minimum absolute atomic E-state index is 0.176. The van der Waals surface area contributed by atoms with Gasteiger partial charge in [-0.1, -0.05) is 13.0 Å². The highest BCUT2D eigenvalue weighted by atomic mass is 16.5. The number of nitrogens with zero attached hydrogens (tertiary/aromatic N) is 3. The molecule has 0 aliphatic carbocycles. The maximum absolute atomic E-state index is 12.7. The van der Waals surface area contributed by atoms with Gasteiger partial charge in [-0.05, 0) is 36.2 Å². The SMILES string of the molecule is CCc1[nH]n2c(=O)cc(-c3cccnc3)nc2c1-c1ccc(OC)c(OC)c1. The van der Waals surface area contributed by atoms with Crippen LogP contribution >= 0.6 is 0 Å².